The second-order valence-corrected chi connectivity index (χ2v) is 6.53. The van der Waals surface area contributed by atoms with Crippen LogP contribution in [-0.4, -0.2) is 51.6 Å². The number of nitrogens with zero attached hydrogens (tertiary/aromatic N) is 1. The molecule has 0 radical (unpaired) electrons. The molecule has 1 heterocycles. The van der Waals surface area contributed by atoms with Crippen LogP contribution in [0.1, 0.15) is 12.0 Å². The van der Waals surface area contributed by atoms with E-state index in [2.05, 4.69) is 0 Å². The first kappa shape index (κ1) is 17.7. The SMILES string of the molecule is Oc1ccc(CN2CC[C@H](O)[C@@](O)(COc3cccc(F)c3)C2)cc1. The summed E-state index contributed by atoms with van der Waals surface area (Å²) < 4.78 is 18.7. The van der Waals surface area contributed by atoms with Crippen LogP contribution in [0.4, 0.5) is 4.39 Å². The summed E-state index contributed by atoms with van der Waals surface area (Å²) in [5.74, 6) is 0.108. The van der Waals surface area contributed by atoms with Gasteiger partial charge in [-0.3, -0.25) is 4.90 Å². The lowest BCUT2D eigenvalue weighted by Gasteiger charge is -2.42. The molecular formula is C19H22FNO4. The van der Waals surface area contributed by atoms with E-state index in [4.69, 9.17) is 4.74 Å². The fourth-order valence-corrected chi connectivity index (χ4v) is 3.05. The summed E-state index contributed by atoms with van der Waals surface area (Å²) in [5, 5.41) is 30.4. The van der Waals surface area contributed by atoms with Gasteiger partial charge in [0.15, 0.2) is 0 Å². The summed E-state index contributed by atoms with van der Waals surface area (Å²) in [5.41, 5.74) is -0.427. The van der Waals surface area contributed by atoms with Gasteiger partial charge in [0.25, 0.3) is 0 Å². The van der Waals surface area contributed by atoms with Crippen molar-refractivity contribution in [3.63, 3.8) is 0 Å². The minimum absolute atomic E-state index is 0.121. The smallest absolute Gasteiger partial charge is 0.137 e. The highest BCUT2D eigenvalue weighted by atomic mass is 19.1. The molecule has 0 aliphatic carbocycles. The summed E-state index contributed by atoms with van der Waals surface area (Å²) in [6.07, 6.45) is -0.488. The van der Waals surface area contributed by atoms with Gasteiger partial charge in [0.1, 0.15) is 29.5 Å². The molecule has 3 N–H and O–H groups in total. The fourth-order valence-electron chi connectivity index (χ4n) is 3.05. The summed E-state index contributed by atoms with van der Waals surface area (Å²) in [7, 11) is 0. The van der Waals surface area contributed by atoms with Gasteiger partial charge in [0, 0.05) is 25.7 Å². The molecule has 134 valence electrons. The van der Waals surface area contributed by atoms with E-state index in [-0.39, 0.29) is 18.9 Å². The number of aliphatic hydroxyl groups excluding tert-OH is 1. The summed E-state index contributed by atoms with van der Waals surface area (Å²) in [6.45, 7) is 1.35. The maximum Gasteiger partial charge on any atom is 0.137 e. The number of rotatable bonds is 5. The minimum Gasteiger partial charge on any atom is -0.508 e. The highest BCUT2D eigenvalue weighted by molar-refractivity contribution is 5.26. The molecule has 5 nitrogen and oxygen atoms in total. The molecule has 2 aromatic rings. The van der Waals surface area contributed by atoms with Gasteiger partial charge >= 0.3 is 0 Å². The second-order valence-electron chi connectivity index (χ2n) is 6.53. The predicted octanol–water partition coefficient (Wildman–Crippen LogP) is 1.91. The molecule has 0 unspecified atom stereocenters. The molecule has 2 aromatic carbocycles. The lowest BCUT2D eigenvalue weighted by atomic mass is 9.90. The van der Waals surface area contributed by atoms with Crippen molar-refractivity contribution in [2.24, 2.45) is 0 Å². The Morgan fingerprint density at radius 1 is 1.20 bits per heavy atom. The Balaban J connectivity index is 1.63. The number of aliphatic hydroxyl groups is 2. The highest BCUT2D eigenvalue weighted by Gasteiger charge is 2.41. The predicted molar refractivity (Wildman–Crippen MR) is 90.9 cm³/mol. The summed E-state index contributed by atoms with van der Waals surface area (Å²) >= 11 is 0. The number of ether oxygens (including phenoxy) is 1. The van der Waals surface area contributed by atoms with Crippen molar-refractivity contribution in [1.29, 1.82) is 0 Å². The van der Waals surface area contributed by atoms with Crippen molar-refractivity contribution in [2.45, 2.75) is 24.7 Å². The third kappa shape index (κ3) is 4.48. The first-order valence-corrected chi connectivity index (χ1v) is 8.24. The Bertz CT molecular complexity index is 709. The number of hydrogen-bond acceptors (Lipinski definition) is 5. The molecule has 0 bridgehead atoms. The van der Waals surface area contributed by atoms with Crippen molar-refractivity contribution in [3.8, 4) is 11.5 Å². The lowest BCUT2D eigenvalue weighted by molar-refractivity contribution is -0.140. The topological polar surface area (TPSA) is 73.2 Å². The fraction of sp³-hybridized carbons (Fsp3) is 0.368. The van der Waals surface area contributed by atoms with E-state index < -0.39 is 17.5 Å². The van der Waals surface area contributed by atoms with Crippen molar-refractivity contribution in [3.05, 3.63) is 59.9 Å². The third-order valence-corrected chi connectivity index (χ3v) is 4.46. The van der Waals surface area contributed by atoms with Gasteiger partial charge in [-0.25, -0.2) is 4.39 Å². The number of aromatic hydroxyl groups is 1. The van der Waals surface area contributed by atoms with Crippen LogP contribution in [0.2, 0.25) is 0 Å². The van der Waals surface area contributed by atoms with E-state index in [0.29, 0.717) is 25.3 Å². The van der Waals surface area contributed by atoms with Gasteiger partial charge in [-0.1, -0.05) is 18.2 Å². The van der Waals surface area contributed by atoms with Crippen LogP contribution in [0.3, 0.4) is 0 Å². The standard InChI is InChI=1S/C19H22FNO4/c20-15-2-1-3-17(10-15)25-13-19(24)12-21(9-8-18(19)23)11-14-4-6-16(22)7-5-14/h1-7,10,18,22-24H,8-9,11-13H2/t18-,19-/m0/s1. The largest absolute Gasteiger partial charge is 0.508 e. The van der Waals surface area contributed by atoms with Gasteiger partial charge in [-0.05, 0) is 36.2 Å². The maximum atomic E-state index is 13.2. The number of piperidine rings is 1. The Labute approximate surface area is 145 Å². The Kier molecular flexibility index (Phi) is 5.22. The zero-order valence-corrected chi connectivity index (χ0v) is 13.8. The molecule has 1 aliphatic rings. The van der Waals surface area contributed by atoms with E-state index >= 15 is 0 Å². The molecule has 1 aliphatic heterocycles. The average Bonchev–Trinajstić information content (AvgIpc) is 2.59. The zero-order valence-electron chi connectivity index (χ0n) is 13.8. The number of phenols is 1. The van der Waals surface area contributed by atoms with E-state index in [9.17, 15) is 19.7 Å². The normalized spacial score (nSPS) is 24.2. The molecule has 0 amide bonds. The molecule has 3 rings (SSSR count). The zero-order chi connectivity index (χ0) is 17.9. The number of likely N-dealkylation sites (tertiary alicyclic amines) is 1. The second kappa shape index (κ2) is 7.39. The minimum atomic E-state index is -1.43. The van der Waals surface area contributed by atoms with Crippen LogP contribution in [0, 0.1) is 5.82 Å². The maximum absolute atomic E-state index is 13.2. The first-order chi connectivity index (χ1) is 11.9. The number of phenolic OH excluding ortho intramolecular Hbond substituents is 1. The van der Waals surface area contributed by atoms with Gasteiger partial charge in [0.05, 0.1) is 6.10 Å². The van der Waals surface area contributed by atoms with Crippen LogP contribution in [0.15, 0.2) is 48.5 Å². The van der Waals surface area contributed by atoms with Crippen LogP contribution in [0.25, 0.3) is 0 Å². The van der Waals surface area contributed by atoms with E-state index in [1.807, 2.05) is 17.0 Å². The quantitative estimate of drug-likeness (QED) is 0.771. The van der Waals surface area contributed by atoms with Crippen LogP contribution in [-0.2, 0) is 6.54 Å². The lowest BCUT2D eigenvalue weighted by Crippen LogP contribution is -2.59. The van der Waals surface area contributed by atoms with Gasteiger partial charge < -0.3 is 20.1 Å². The van der Waals surface area contributed by atoms with Crippen molar-refractivity contribution < 1.29 is 24.4 Å². The van der Waals surface area contributed by atoms with E-state index in [1.165, 1.54) is 18.2 Å². The Morgan fingerprint density at radius 3 is 2.68 bits per heavy atom. The van der Waals surface area contributed by atoms with Gasteiger partial charge in [-0.15, -0.1) is 0 Å². The number of hydrogen-bond donors (Lipinski definition) is 3. The monoisotopic (exact) mass is 347 g/mol. The highest BCUT2D eigenvalue weighted by Crippen LogP contribution is 2.25. The Morgan fingerprint density at radius 2 is 1.96 bits per heavy atom. The van der Waals surface area contributed by atoms with E-state index in [1.54, 1.807) is 18.2 Å². The van der Waals surface area contributed by atoms with Gasteiger partial charge in [-0.2, -0.15) is 0 Å². The molecule has 6 heteroatoms. The Hall–Kier alpha value is -2.15. The molecule has 0 saturated carbocycles. The van der Waals surface area contributed by atoms with Crippen LogP contribution < -0.4 is 4.74 Å². The molecular weight excluding hydrogens is 325 g/mol. The number of halogens is 1. The molecule has 25 heavy (non-hydrogen) atoms. The van der Waals surface area contributed by atoms with Crippen LogP contribution in [0.5, 0.6) is 11.5 Å². The summed E-state index contributed by atoms with van der Waals surface area (Å²) in [4.78, 5) is 2.02. The molecule has 1 saturated heterocycles. The van der Waals surface area contributed by atoms with Crippen LogP contribution >= 0.6 is 0 Å². The first-order valence-electron chi connectivity index (χ1n) is 8.24. The molecule has 2 atom stereocenters. The van der Waals surface area contributed by atoms with Crippen molar-refractivity contribution in [1.82, 2.24) is 4.90 Å². The number of benzene rings is 2. The number of β-amino-alcohol motifs (C(OH)–C–C–N with tert-alkyl or cyclic N) is 1. The summed E-state index contributed by atoms with van der Waals surface area (Å²) in [6, 6.07) is 12.6. The van der Waals surface area contributed by atoms with Gasteiger partial charge in [0.2, 0.25) is 0 Å². The van der Waals surface area contributed by atoms with E-state index in [0.717, 1.165) is 5.56 Å². The molecule has 0 aromatic heterocycles. The van der Waals surface area contributed by atoms with Crippen molar-refractivity contribution >= 4 is 0 Å². The van der Waals surface area contributed by atoms with Crippen molar-refractivity contribution in [2.75, 3.05) is 19.7 Å². The molecule has 0 spiro atoms. The average molecular weight is 347 g/mol. The third-order valence-electron chi connectivity index (χ3n) is 4.46. The molecule has 1 fully saturated rings.